The van der Waals surface area contributed by atoms with Crippen molar-refractivity contribution in [1.29, 1.82) is 0 Å². The van der Waals surface area contributed by atoms with Crippen LogP contribution in [-0.2, 0) is 23.6 Å². The monoisotopic (exact) mass is 345 g/mol. The molecule has 0 aliphatic carbocycles. The Labute approximate surface area is 138 Å². The van der Waals surface area contributed by atoms with E-state index in [0.29, 0.717) is 11.5 Å². The van der Waals surface area contributed by atoms with Gasteiger partial charge in [0.1, 0.15) is 0 Å². The molecule has 0 bridgehead atoms. The van der Waals surface area contributed by atoms with E-state index >= 15 is 0 Å². The van der Waals surface area contributed by atoms with Gasteiger partial charge in [0.25, 0.3) is 0 Å². The fraction of sp³-hybridized carbons (Fsp3) is 0.188. The molecule has 3 aromatic rings. The molecule has 1 aliphatic heterocycles. The van der Waals surface area contributed by atoms with Gasteiger partial charge in [-0.1, -0.05) is 6.07 Å². The van der Waals surface area contributed by atoms with E-state index in [-0.39, 0.29) is 18.2 Å². The normalized spacial score (nSPS) is 13.5. The lowest BCUT2D eigenvalue weighted by atomic mass is 10.2. The summed E-state index contributed by atoms with van der Waals surface area (Å²) in [6.07, 6.45) is 1.73. The molecule has 4 rings (SSSR count). The second kappa shape index (κ2) is 5.50. The van der Waals surface area contributed by atoms with Gasteiger partial charge in [-0.15, -0.1) is 0 Å². The van der Waals surface area contributed by atoms with E-state index in [1.54, 1.807) is 12.4 Å². The zero-order chi connectivity index (χ0) is 16.7. The molecule has 2 aromatic carbocycles. The van der Waals surface area contributed by atoms with Crippen molar-refractivity contribution >= 4 is 21.1 Å². The number of rotatable bonds is 4. The van der Waals surface area contributed by atoms with E-state index in [9.17, 15) is 8.42 Å². The molecule has 1 aromatic heterocycles. The van der Waals surface area contributed by atoms with Gasteiger partial charge < -0.3 is 14.0 Å². The third kappa shape index (κ3) is 2.59. The predicted molar refractivity (Wildman–Crippen MR) is 87.3 cm³/mol. The lowest BCUT2D eigenvalue weighted by Gasteiger charge is -2.08. The van der Waals surface area contributed by atoms with Gasteiger partial charge in [0.05, 0.1) is 22.3 Å². The minimum atomic E-state index is -3.64. The summed E-state index contributed by atoms with van der Waals surface area (Å²) in [5.74, 6) is 0.988. The first-order chi connectivity index (χ1) is 11.5. The van der Waals surface area contributed by atoms with Gasteiger partial charge in [-0.05, 0) is 29.8 Å². The minimum absolute atomic E-state index is 0.107. The summed E-state index contributed by atoms with van der Waals surface area (Å²) in [7, 11) is -1.73. The van der Waals surface area contributed by atoms with Gasteiger partial charge in [-0.25, -0.2) is 18.1 Å². The number of benzene rings is 2. The first kappa shape index (κ1) is 15.0. The van der Waals surface area contributed by atoms with Crippen molar-refractivity contribution < 1.29 is 17.9 Å². The van der Waals surface area contributed by atoms with Crippen LogP contribution in [0, 0.1) is 0 Å². The summed E-state index contributed by atoms with van der Waals surface area (Å²) in [5.41, 5.74) is 2.67. The summed E-state index contributed by atoms with van der Waals surface area (Å²) in [6, 6.07) is 10.2. The fourth-order valence-corrected chi connectivity index (χ4v) is 3.63. The first-order valence-corrected chi connectivity index (χ1v) is 8.80. The number of sulfonamides is 1. The van der Waals surface area contributed by atoms with Crippen molar-refractivity contribution in [3.05, 3.63) is 48.3 Å². The van der Waals surface area contributed by atoms with E-state index in [1.807, 2.05) is 29.8 Å². The molecular weight excluding hydrogens is 330 g/mol. The second-order valence-corrected chi connectivity index (χ2v) is 7.29. The Balaban J connectivity index is 1.55. The summed E-state index contributed by atoms with van der Waals surface area (Å²) in [4.78, 5) is 4.42. The van der Waals surface area contributed by atoms with Crippen LogP contribution < -0.4 is 14.2 Å². The number of ether oxygens (including phenoxy) is 2. The van der Waals surface area contributed by atoms with E-state index in [0.717, 1.165) is 16.6 Å². The second-order valence-electron chi connectivity index (χ2n) is 5.52. The number of nitrogens with zero attached hydrogens (tertiary/aromatic N) is 2. The van der Waals surface area contributed by atoms with Gasteiger partial charge in [0, 0.05) is 19.7 Å². The van der Waals surface area contributed by atoms with Crippen LogP contribution in [0.5, 0.6) is 11.5 Å². The van der Waals surface area contributed by atoms with Crippen LogP contribution in [0.2, 0.25) is 0 Å². The third-order valence-electron chi connectivity index (χ3n) is 3.91. The predicted octanol–water partition coefficient (Wildman–Crippen LogP) is 1.78. The van der Waals surface area contributed by atoms with Crippen LogP contribution in [-0.4, -0.2) is 24.8 Å². The van der Waals surface area contributed by atoms with Gasteiger partial charge in [0.2, 0.25) is 16.8 Å². The molecule has 8 heteroatoms. The van der Waals surface area contributed by atoms with Crippen molar-refractivity contribution in [2.24, 2.45) is 7.05 Å². The highest BCUT2D eigenvalue weighted by Crippen LogP contribution is 2.33. The Morgan fingerprint density at radius 3 is 2.88 bits per heavy atom. The number of fused-ring (bicyclic) bond motifs is 2. The Morgan fingerprint density at radius 1 is 1.17 bits per heavy atom. The van der Waals surface area contributed by atoms with E-state index in [4.69, 9.17) is 9.47 Å². The van der Waals surface area contributed by atoms with Crippen LogP contribution in [0.3, 0.4) is 0 Å². The van der Waals surface area contributed by atoms with Gasteiger partial charge >= 0.3 is 0 Å². The number of nitrogens with one attached hydrogen (secondary N) is 1. The standard InChI is InChI=1S/C16H15N3O4S/c1-19-9-17-13-6-11(2-4-14(13)19)8-18-24(20,21)12-3-5-15-16(7-12)23-10-22-15/h2-7,9,18H,8,10H2,1H3. The molecule has 0 spiro atoms. The molecule has 0 saturated heterocycles. The SMILES string of the molecule is Cn1cnc2cc(CNS(=O)(=O)c3ccc4c(c3)OCO4)ccc21. The summed E-state index contributed by atoms with van der Waals surface area (Å²) >= 11 is 0. The number of aryl methyl sites for hydroxylation is 1. The van der Waals surface area contributed by atoms with Gasteiger partial charge in [0.15, 0.2) is 11.5 Å². The van der Waals surface area contributed by atoms with Crippen LogP contribution in [0.25, 0.3) is 11.0 Å². The van der Waals surface area contributed by atoms with Crippen LogP contribution >= 0.6 is 0 Å². The molecule has 0 amide bonds. The topological polar surface area (TPSA) is 82.5 Å². The molecule has 2 heterocycles. The average Bonchev–Trinajstić information content (AvgIpc) is 3.19. The zero-order valence-corrected chi connectivity index (χ0v) is 13.7. The molecule has 1 N–H and O–H groups in total. The highest BCUT2D eigenvalue weighted by molar-refractivity contribution is 7.89. The molecule has 0 fully saturated rings. The number of hydrogen-bond acceptors (Lipinski definition) is 5. The summed E-state index contributed by atoms with van der Waals surface area (Å²) < 4.78 is 39.8. The van der Waals surface area contributed by atoms with Crippen molar-refractivity contribution in [2.75, 3.05) is 6.79 Å². The summed E-state index contributed by atoms with van der Waals surface area (Å²) in [5, 5.41) is 0. The highest BCUT2D eigenvalue weighted by atomic mass is 32.2. The van der Waals surface area contributed by atoms with Crippen molar-refractivity contribution in [2.45, 2.75) is 11.4 Å². The Bertz CT molecular complexity index is 1030. The lowest BCUT2D eigenvalue weighted by molar-refractivity contribution is 0.174. The quantitative estimate of drug-likeness (QED) is 0.779. The van der Waals surface area contributed by atoms with E-state index in [1.165, 1.54) is 12.1 Å². The molecule has 1 aliphatic rings. The van der Waals surface area contributed by atoms with Crippen molar-refractivity contribution in [3.8, 4) is 11.5 Å². The molecule has 0 saturated carbocycles. The maximum atomic E-state index is 12.4. The van der Waals surface area contributed by atoms with Crippen LogP contribution in [0.15, 0.2) is 47.6 Å². The Kier molecular flexibility index (Phi) is 3.43. The van der Waals surface area contributed by atoms with E-state index in [2.05, 4.69) is 9.71 Å². The molecule has 24 heavy (non-hydrogen) atoms. The van der Waals surface area contributed by atoms with Gasteiger partial charge in [-0.3, -0.25) is 0 Å². The Morgan fingerprint density at radius 2 is 2.00 bits per heavy atom. The molecule has 0 atom stereocenters. The largest absolute Gasteiger partial charge is 0.454 e. The smallest absolute Gasteiger partial charge is 0.241 e. The zero-order valence-electron chi connectivity index (χ0n) is 12.9. The maximum absolute atomic E-state index is 12.4. The van der Waals surface area contributed by atoms with E-state index < -0.39 is 10.0 Å². The Hall–Kier alpha value is -2.58. The molecule has 7 nitrogen and oxygen atoms in total. The fourth-order valence-electron chi connectivity index (χ4n) is 2.60. The average molecular weight is 345 g/mol. The third-order valence-corrected chi connectivity index (χ3v) is 5.31. The first-order valence-electron chi connectivity index (χ1n) is 7.32. The molecule has 0 radical (unpaired) electrons. The molecule has 124 valence electrons. The number of aromatic nitrogens is 2. The lowest BCUT2D eigenvalue weighted by Crippen LogP contribution is -2.23. The van der Waals surface area contributed by atoms with Gasteiger partial charge in [-0.2, -0.15) is 0 Å². The van der Waals surface area contributed by atoms with Crippen molar-refractivity contribution in [3.63, 3.8) is 0 Å². The van der Waals surface area contributed by atoms with Crippen LogP contribution in [0.4, 0.5) is 0 Å². The maximum Gasteiger partial charge on any atom is 0.241 e. The highest BCUT2D eigenvalue weighted by Gasteiger charge is 2.20. The molecule has 0 unspecified atom stereocenters. The van der Waals surface area contributed by atoms with Crippen LogP contribution in [0.1, 0.15) is 5.56 Å². The number of imidazole rings is 1. The molecular formula is C16H15N3O4S. The van der Waals surface area contributed by atoms with Crippen molar-refractivity contribution in [1.82, 2.24) is 14.3 Å². The summed E-state index contributed by atoms with van der Waals surface area (Å²) in [6.45, 7) is 0.291. The number of hydrogen-bond donors (Lipinski definition) is 1. The minimum Gasteiger partial charge on any atom is -0.454 e.